The van der Waals surface area contributed by atoms with E-state index in [2.05, 4.69) is 70.6 Å². The Kier molecular flexibility index (Phi) is 5.78. The average molecular weight is 404 g/mol. The van der Waals surface area contributed by atoms with Gasteiger partial charge < -0.3 is 15.4 Å². The third-order valence-electron chi connectivity index (χ3n) is 6.82. The molecular formula is C26H33N3O. The van der Waals surface area contributed by atoms with Gasteiger partial charge in [-0.05, 0) is 74.5 Å². The molecule has 30 heavy (non-hydrogen) atoms. The largest absolute Gasteiger partial charge is 0.492 e. The van der Waals surface area contributed by atoms with E-state index in [0.29, 0.717) is 12.1 Å². The monoisotopic (exact) mass is 403 g/mol. The van der Waals surface area contributed by atoms with Crippen molar-refractivity contribution >= 4 is 5.69 Å². The molecule has 0 bridgehead atoms. The van der Waals surface area contributed by atoms with E-state index in [1.165, 1.54) is 49.2 Å². The van der Waals surface area contributed by atoms with Crippen LogP contribution in [0.5, 0.6) is 5.75 Å². The minimum Gasteiger partial charge on any atom is -0.492 e. The standard InChI is InChI=1S/C26H33N3O/c1-19-7-8-21-17-23(9-10-25(21)27-19)30-16-15-29-13-11-22(12-14-29)28-26-18-24(26)20-5-3-2-4-6-20/h2-6,9-10,17,22,24,26-28H,1,7-8,11-16,18H2/t24-,26+/m0/s1. The van der Waals surface area contributed by atoms with Gasteiger partial charge in [0.2, 0.25) is 0 Å². The van der Waals surface area contributed by atoms with Crippen LogP contribution in [-0.2, 0) is 6.42 Å². The van der Waals surface area contributed by atoms with E-state index in [-0.39, 0.29) is 0 Å². The molecule has 2 aliphatic heterocycles. The van der Waals surface area contributed by atoms with Crippen molar-refractivity contribution in [3.05, 3.63) is 71.9 Å². The highest BCUT2D eigenvalue weighted by molar-refractivity contribution is 5.59. The second-order valence-corrected chi connectivity index (χ2v) is 9.04. The number of ether oxygens (including phenoxy) is 1. The van der Waals surface area contributed by atoms with Crippen LogP contribution < -0.4 is 15.4 Å². The van der Waals surface area contributed by atoms with Gasteiger partial charge in [0.1, 0.15) is 12.4 Å². The van der Waals surface area contributed by atoms with Gasteiger partial charge in [0, 0.05) is 35.9 Å². The number of aryl methyl sites for hydroxylation is 1. The zero-order valence-electron chi connectivity index (χ0n) is 17.8. The quantitative estimate of drug-likeness (QED) is 0.711. The van der Waals surface area contributed by atoms with E-state index in [9.17, 15) is 0 Å². The number of piperidine rings is 1. The number of allylic oxidation sites excluding steroid dienone is 1. The average Bonchev–Trinajstić information content (AvgIpc) is 3.55. The molecule has 1 saturated heterocycles. The van der Waals surface area contributed by atoms with E-state index < -0.39 is 0 Å². The first-order valence-electron chi connectivity index (χ1n) is 11.5. The van der Waals surface area contributed by atoms with Crippen LogP contribution in [0, 0.1) is 0 Å². The smallest absolute Gasteiger partial charge is 0.119 e. The summed E-state index contributed by atoms with van der Waals surface area (Å²) in [7, 11) is 0. The Balaban J connectivity index is 1.01. The topological polar surface area (TPSA) is 36.5 Å². The molecule has 0 amide bonds. The van der Waals surface area contributed by atoms with Gasteiger partial charge in [0.15, 0.2) is 0 Å². The molecule has 0 aromatic heterocycles. The zero-order chi connectivity index (χ0) is 20.3. The molecule has 0 unspecified atom stereocenters. The number of anilines is 1. The van der Waals surface area contributed by atoms with Gasteiger partial charge in [-0.25, -0.2) is 0 Å². The molecule has 3 aliphatic rings. The molecule has 4 heteroatoms. The molecule has 2 atom stereocenters. The van der Waals surface area contributed by atoms with Gasteiger partial charge in [0.25, 0.3) is 0 Å². The molecule has 1 saturated carbocycles. The Morgan fingerprint density at radius 2 is 1.90 bits per heavy atom. The second kappa shape index (κ2) is 8.83. The van der Waals surface area contributed by atoms with Gasteiger partial charge in [-0.15, -0.1) is 0 Å². The van der Waals surface area contributed by atoms with Gasteiger partial charge >= 0.3 is 0 Å². The van der Waals surface area contributed by atoms with Gasteiger partial charge in [-0.2, -0.15) is 0 Å². The minimum absolute atomic E-state index is 0.670. The Hall–Kier alpha value is -2.30. The van der Waals surface area contributed by atoms with Crippen molar-refractivity contribution in [2.24, 2.45) is 0 Å². The molecule has 158 valence electrons. The molecule has 2 aromatic carbocycles. The maximum atomic E-state index is 6.06. The van der Waals surface area contributed by atoms with Crippen LogP contribution in [0.25, 0.3) is 0 Å². The van der Waals surface area contributed by atoms with Crippen LogP contribution in [0.1, 0.15) is 42.7 Å². The van der Waals surface area contributed by atoms with Gasteiger partial charge in [-0.3, -0.25) is 4.90 Å². The van der Waals surface area contributed by atoms with Crippen LogP contribution >= 0.6 is 0 Å². The summed E-state index contributed by atoms with van der Waals surface area (Å²) < 4.78 is 6.06. The molecule has 2 N–H and O–H groups in total. The molecule has 0 radical (unpaired) electrons. The van der Waals surface area contributed by atoms with Crippen molar-refractivity contribution in [2.45, 2.75) is 50.1 Å². The highest BCUT2D eigenvalue weighted by Crippen LogP contribution is 2.41. The van der Waals surface area contributed by atoms with Gasteiger partial charge in [-0.1, -0.05) is 36.9 Å². The summed E-state index contributed by atoms with van der Waals surface area (Å²) in [5.74, 6) is 1.71. The van der Waals surface area contributed by atoms with Crippen LogP contribution in [0.4, 0.5) is 5.69 Å². The molecule has 5 rings (SSSR count). The first kappa shape index (κ1) is 19.7. The molecule has 4 nitrogen and oxygen atoms in total. The number of hydrogen-bond donors (Lipinski definition) is 2. The fourth-order valence-electron chi connectivity index (χ4n) is 4.89. The summed E-state index contributed by atoms with van der Waals surface area (Å²) in [6.07, 6.45) is 5.83. The van der Waals surface area contributed by atoms with E-state index in [1.807, 2.05) is 0 Å². The normalized spacial score (nSPS) is 24.2. The van der Waals surface area contributed by atoms with Crippen molar-refractivity contribution < 1.29 is 4.74 Å². The first-order valence-corrected chi connectivity index (χ1v) is 11.5. The predicted molar refractivity (Wildman–Crippen MR) is 123 cm³/mol. The lowest BCUT2D eigenvalue weighted by Crippen LogP contribution is -2.44. The number of hydrogen-bond acceptors (Lipinski definition) is 4. The van der Waals surface area contributed by atoms with Crippen LogP contribution in [0.3, 0.4) is 0 Å². The van der Waals surface area contributed by atoms with Crippen molar-refractivity contribution in [1.29, 1.82) is 0 Å². The van der Waals surface area contributed by atoms with E-state index >= 15 is 0 Å². The lowest BCUT2D eigenvalue weighted by molar-refractivity contribution is 0.164. The third kappa shape index (κ3) is 4.71. The summed E-state index contributed by atoms with van der Waals surface area (Å²) in [6, 6.07) is 18.7. The lowest BCUT2D eigenvalue weighted by atomic mass is 10.0. The molecule has 2 fully saturated rings. The summed E-state index contributed by atoms with van der Waals surface area (Å²) >= 11 is 0. The highest BCUT2D eigenvalue weighted by atomic mass is 16.5. The fourth-order valence-corrected chi connectivity index (χ4v) is 4.89. The van der Waals surface area contributed by atoms with Gasteiger partial charge in [0.05, 0.1) is 0 Å². The third-order valence-corrected chi connectivity index (χ3v) is 6.82. The maximum Gasteiger partial charge on any atom is 0.119 e. The van der Waals surface area contributed by atoms with Crippen molar-refractivity contribution in [3.63, 3.8) is 0 Å². The SMILES string of the molecule is C=C1CCc2cc(OCCN3CCC(N[C@@H]4C[C@H]4c4ccccc4)CC3)ccc2N1. The van der Waals surface area contributed by atoms with Crippen molar-refractivity contribution in [3.8, 4) is 5.75 Å². The summed E-state index contributed by atoms with van der Waals surface area (Å²) in [4.78, 5) is 2.55. The predicted octanol–water partition coefficient (Wildman–Crippen LogP) is 4.55. The summed E-state index contributed by atoms with van der Waals surface area (Å²) in [5, 5.41) is 7.27. The maximum absolute atomic E-state index is 6.06. The van der Waals surface area contributed by atoms with E-state index in [0.717, 1.165) is 43.4 Å². The van der Waals surface area contributed by atoms with Crippen molar-refractivity contribution in [1.82, 2.24) is 10.2 Å². The number of benzene rings is 2. The Morgan fingerprint density at radius 3 is 2.73 bits per heavy atom. The number of nitrogens with one attached hydrogen (secondary N) is 2. The number of fused-ring (bicyclic) bond motifs is 1. The lowest BCUT2D eigenvalue weighted by Gasteiger charge is -2.32. The van der Waals surface area contributed by atoms with E-state index in [1.54, 1.807) is 0 Å². The molecule has 0 spiro atoms. The Labute approximate surface area is 180 Å². The fraction of sp³-hybridized carbons (Fsp3) is 0.462. The van der Waals surface area contributed by atoms with Crippen LogP contribution in [0.2, 0.25) is 0 Å². The molecule has 2 heterocycles. The Morgan fingerprint density at radius 1 is 1.07 bits per heavy atom. The molecule has 1 aliphatic carbocycles. The van der Waals surface area contributed by atoms with E-state index in [4.69, 9.17) is 4.74 Å². The molecular weight excluding hydrogens is 370 g/mol. The second-order valence-electron chi connectivity index (χ2n) is 9.04. The van der Waals surface area contributed by atoms with Crippen LogP contribution in [0.15, 0.2) is 60.8 Å². The minimum atomic E-state index is 0.670. The Bertz CT molecular complexity index is 873. The number of rotatable bonds is 7. The number of likely N-dealkylation sites (tertiary alicyclic amines) is 1. The van der Waals surface area contributed by atoms with Crippen LogP contribution in [-0.4, -0.2) is 43.2 Å². The van der Waals surface area contributed by atoms with Crippen molar-refractivity contribution in [2.75, 3.05) is 31.6 Å². The number of nitrogens with zero attached hydrogens (tertiary/aromatic N) is 1. The highest BCUT2D eigenvalue weighted by Gasteiger charge is 2.39. The first-order chi connectivity index (χ1) is 14.7. The summed E-state index contributed by atoms with van der Waals surface area (Å²) in [5.41, 5.74) is 5.11. The summed E-state index contributed by atoms with van der Waals surface area (Å²) in [6.45, 7) is 8.13. The zero-order valence-corrected chi connectivity index (χ0v) is 17.8. The molecule has 2 aromatic rings.